The molecular weight excluding hydrogens is 134 g/mol. The van der Waals surface area contributed by atoms with E-state index in [1.54, 1.807) is 6.08 Å². The fourth-order valence-electron chi connectivity index (χ4n) is 0.196. The van der Waals surface area contributed by atoms with Crippen LogP contribution in [0.15, 0.2) is 12.3 Å². The molecule has 38 valence electrons. The van der Waals surface area contributed by atoms with Crippen LogP contribution in [0, 0.1) is 0 Å². The molecule has 0 spiro atoms. The molecule has 4 heteroatoms. The average molecular weight is 136 g/mol. The minimum absolute atomic E-state index is 0.570. The van der Waals surface area contributed by atoms with Gasteiger partial charge in [-0.2, -0.15) is 0 Å². The predicted octanol–water partition coefficient (Wildman–Crippen LogP) is 1.69. The Morgan fingerprint density at radius 3 is 2.86 bits per heavy atom. The summed E-state index contributed by atoms with van der Waals surface area (Å²) in [5.41, 5.74) is 0. The first-order valence-electron chi connectivity index (χ1n) is 1.62. The van der Waals surface area contributed by atoms with Crippen LogP contribution in [0.3, 0.4) is 0 Å². The minimum Gasteiger partial charge on any atom is -0.337 e. The van der Waals surface area contributed by atoms with E-state index in [0.717, 1.165) is 0 Å². The van der Waals surface area contributed by atoms with Crippen LogP contribution in [0.5, 0.6) is 0 Å². The van der Waals surface area contributed by atoms with Gasteiger partial charge in [0.2, 0.25) is 0 Å². The molecule has 0 saturated carbocycles. The van der Waals surface area contributed by atoms with Crippen LogP contribution in [-0.2, 0) is 9.56 Å². The van der Waals surface area contributed by atoms with Crippen LogP contribution >= 0.6 is 20.0 Å². The molecule has 0 saturated heterocycles. The summed E-state index contributed by atoms with van der Waals surface area (Å²) >= 11 is 5.43. The smallest absolute Gasteiger partial charge is 0.134 e. The normalized spacial score (nSPS) is 20.4. The Bertz CT molecular complexity index is 120. The van der Waals surface area contributed by atoms with Crippen molar-refractivity contribution in [3.05, 3.63) is 12.3 Å². The van der Waals surface area contributed by atoms with Crippen LogP contribution in [0.2, 0.25) is 0 Å². The molecule has 0 aliphatic carbocycles. The maximum atomic E-state index is 5.43. The van der Waals surface area contributed by atoms with Crippen molar-refractivity contribution in [2.24, 2.45) is 0 Å². The Hall–Kier alpha value is -0.0400. The molecule has 7 heavy (non-hydrogen) atoms. The summed E-state index contributed by atoms with van der Waals surface area (Å²) in [6.07, 6.45) is 3.02. The lowest BCUT2D eigenvalue weighted by Gasteiger charge is -1.95. The Morgan fingerprint density at radius 2 is 2.57 bits per heavy atom. The lowest BCUT2D eigenvalue weighted by Crippen LogP contribution is -1.83. The van der Waals surface area contributed by atoms with Gasteiger partial charge < -0.3 is 4.89 Å². The standard InChI is InChI=1S/C3H2ClO2P/c4-3-1-2-5-6-7-3/h1-2H. The highest BCUT2D eigenvalue weighted by Gasteiger charge is 1.91. The van der Waals surface area contributed by atoms with Crippen LogP contribution in [0.1, 0.15) is 0 Å². The number of allylic oxidation sites excluding steroid dienone is 1. The molecule has 1 rings (SSSR count). The van der Waals surface area contributed by atoms with Crippen molar-refractivity contribution in [3.63, 3.8) is 0 Å². The highest BCUT2D eigenvalue weighted by molar-refractivity contribution is 7.42. The Kier molecular flexibility index (Phi) is 1.69. The molecule has 0 aromatic carbocycles. The van der Waals surface area contributed by atoms with Gasteiger partial charge >= 0.3 is 0 Å². The number of hydrogen-bond donors (Lipinski definition) is 0. The molecule has 0 N–H and O–H groups in total. The second-order valence-electron chi connectivity index (χ2n) is 0.888. The zero-order chi connectivity index (χ0) is 5.11. The van der Waals surface area contributed by atoms with Crippen LogP contribution < -0.4 is 0 Å². The fraction of sp³-hybridized carbons (Fsp3) is 0. The topological polar surface area (TPSA) is 18.5 Å². The van der Waals surface area contributed by atoms with Crippen molar-refractivity contribution >= 4 is 24.8 Å². The zero-order valence-corrected chi connectivity index (χ0v) is 4.95. The molecule has 0 bridgehead atoms. The van der Waals surface area contributed by atoms with Gasteiger partial charge in [0.05, 0.1) is 4.75 Å². The molecule has 0 radical (unpaired) electrons. The summed E-state index contributed by atoms with van der Waals surface area (Å²) in [6, 6.07) is 0. The van der Waals surface area contributed by atoms with E-state index >= 15 is 0 Å². The third-order valence-electron chi connectivity index (χ3n) is 0.429. The van der Waals surface area contributed by atoms with E-state index in [9.17, 15) is 0 Å². The highest BCUT2D eigenvalue weighted by atomic mass is 35.5. The zero-order valence-electron chi connectivity index (χ0n) is 3.30. The predicted molar refractivity (Wildman–Crippen MR) is 29.1 cm³/mol. The number of rotatable bonds is 0. The SMILES string of the molecule is ClC1=POOC=C1. The van der Waals surface area contributed by atoms with E-state index in [4.69, 9.17) is 11.6 Å². The fourth-order valence-corrected chi connectivity index (χ4v) is 0.618. The van der Waals surface area contributed by atoms with E-state index in [1.165, 1.54) is 6.26 Å². The maximum Gasteiger partial charge on any atom is 0.134 e. The van der Waals surface area contributed by atoms with Gasteiger partial charge in [-0.25, -0.2) is 0 Å². The maximum absolute atomic E-state index is 5.43. The molecule has 0 amide bonds. The molecule has 1 aliphatic rings. The van der Waals surface area contributed by atoms with E-state index < -0.39 is 0 Å². The van der Waals surface area contributed by atoms with Gasteiger partial charge in [-0.3, -0.25) is 0 Å². The molecule has 0 fully saturated rings. The molecule has 0 atom stereocenters. The molecule has 2 nitrogen and oxygen atoms in total. The molecule has 0 unspecified atom stereocenters. The van der Waals surface area contributed by atoms with Gasteiger partial charge in [-0.15, -0.1) is 4.67 Å². The van der Waals surface area contributed by atoms with Gasteiger partial charge in [0.25, 0.3) is 0 Å². The summed E-state index contributed by atoms with van der Waals surface area (Å²) in [7, 11) is 0.570. The van der Waals surface area contributed by atoms with Crippen LogP contribution in [-0.4, -0.2) is 4.75 Å². The van der Waals surface area contributed by atoms with Crippen LogP contribution in [0.4, 0.5) is 0 Å². The second-order valence-corrected chi connectivity index (χ2v) is 2.37. The van der Waals surface area contributed by atoms with E-state index in [-0.39, 0.29) is 0 Å². The van der Waals surface area contributed by atoms with Gasteiger partial charge in [-0.05, 0) is 0 Å². The summed E-state index contributed by atoms with van der Waals surface area (Å²) < 4.78 is 5.03. The number of halogens is 1. The monoisotopic (exact) mass is 136 g/mol. The van der Waals surface area contributed by atoms with Crippen LogP contribution in [0.25, 0.3) is 0 Å². The van der Waals surface area contributed by atoms with Gasteiger partial charge in [-0.1, -0.05) is 11.6 Å². The highest BCUT2D eigenvalue weighted by Crippen LogP contribution is 2.11. The second kappa shape index (κ2) is 2.31. The molecular formula is C3H2ClO2P. The van der Waals surface area contributed by atoms with Gasteiger partial charge in [0.1, 0.15) is 14.7 Å². The lowest BCUT2D eigenvalue weighted by atomic mass is 10.7. The summed E-state index contributed by atoms with van der Waals surface area (Å²) in [5, 5.41) is 0. The van der Waals surface area contributed by atoms with Crippen molar-refractivity contribution in [2.75, 3.05) is 0 Å². The van der Waals surface area contributed by atoms with Crippen molar-refractivity contribution in [1.82, 2.24) is 0 Å². The lowest BCUT2D eigenvalue weighted by molar-refractivity contribution is -0.133. The Balaban J connectivity index is 2.58. The average Bonchev–Trinajstić information content (AvgIpc) is 1.69. The first-order chi connectivity index (χ1) is 3.39. The Morgan fingerprint density at radius 1 is 1.71 bits per heavy atom. The molecule has 0 aromatic rings. The van der Waals surface area contributed by atoms with Crippen molar-refractivity contribution < 1.29 is 9.56 Å². The molecule has 1 aliphatic heterocycles. The van der Waals surface area contributed by atoms with E-state index in [1.807, 2.05) is 0 Å². The van der Waals surface area contributed by atoms with Gasteiger partial charge in [0, 0.05) is 6.08 Å². The third-order valence-corrected chi connectivity index (χ3v) is 1.25. The minimum atomic E-state index is 0.570. The summed E-state index contributed by atoms with van der Waals surface area (Å²) in [4.78, 5) is 4.34. The quantitative estimate of drug-likeness (QED) is 0.373. The first kappa shape index (κ1) is 5.10. The number of hydrogen-bond acceptors (Lipinski definition) is 2. The van der Waals surface area contributed by atoms with E-state index in [2.05, 4.69) is 9.56 Å². The largest absolute Gasteiger partial charge is 0.337 e. The summed E-state index contributed by atoms with van der Waals surface area (Å²) in [5.74, 6) is 0. The van der Waals surface area contributed by atoms with E-state index in [0.29, 0.717) is 13.2 Å². The molecule has 1 heterocycles. The Labute approximate surface area is 47.5 Å². The first-order valence-corrected chi connectivity index (χ1v) is 2.81. The van der Waals surface area contributed by atoms with Crippen molar-refractivity contribution in [1.29, 1.82) is 0 Å². The molecule has 0 aromatic heterocycles. The summed E-state index contributed by atoms with van der Waals surface area (Å²) in [6.45, 7) is 0. The van der Waals surface area contributed by atoms with Gasteiger partial charge in [0.15, 0.2) is 0 Å². The third kappa shape index (κ3) is 1.48. The van der Waals surface area contributed by atoms with Crippen molar-refractivity contribution in [3.8, 4) is 0 Å². The van der Waals surface area contributed by atoms with Crippen molar-refractivity contribution in [2.45, 2.75) is 0 Å².